The molecule has 1 amide bonds. The van der Waals surface area contributed by atoms with E-state index in [0.29, 0.717) is 18.4 Å². The van der Waals surface area contributed by atoms with Gasteiger partial charge in [-0.2, -0.15) is 13.2 Å². The number of amides is 1. The van der Waals surface area contributed by atoms with Gasteiger partial charge in [-0.25, -0.2) is 0 Å². The zero-order valence-electron chi connectivity index (χ0n) is 14.0. The third-order valence-electron chi connectivity index (χ3n) is 3.86. The topological polar surface area (TPSA) is 42.0 Å². The summed E-state index contributed by atoms with van der Waals surface area (Å²) in [6.45, 7) is 1.93. The SMILES string of the molecule is CCCC(NC(=O)CCc1ccccn1)c1cccc(C(F)(F)F)c1. The van der Waals surface area contributed by atoms with Crippen LogP contribution in [0.2, 0.25) is 0 Å². The van der Waals surface area contributed by atoms with E-state index in [0.717, 1.165) is 24.2 Å². The van der Waals surface area contributed by atoms with Crippen molar-refractivity contribution in [3.05, 3.63) is 65.5 Å². The molecule has 0 saturated heterocycles. The Morgan fingerprint density at radius 3 is 2.64 bits per heavy atom. The highest BCUT2D eigenvalue weighted by Crippen LogP contribution is 2.31. The van der Waals surface area contributed by atoms with E-state index in [-0.39, 0.29) is 12.3 Å². The molecule has 134 valence electrons. The Hall–Kier alpha value is -2.37. The molecule has 1 aromatic heterocycles. The lowest BCUT2D eigenvalue weighted by atomic mass is 9.99. The summed E-state index contributed by atoms with van der Waals surface area (Å²) in [5, 5.41) is 2.85. The number of hydrogen-bond donors (Lipinski definition) is 1. The third kappa shape index (κ3) is 5.89. The highest BCUT2D eigenvalue weighted by Gasteiger charge is 2.31. The fourth-order valence-electron chi connectivity index (χ4n) is 2.60. The molecule has 1 unspecified atom stereocenters. The van der Waals surface area contributed by atoms with Gasteiger partial charge in [0, 0.05) is 18.3 Å². The summed E-state index contributed by atoms with van der Waals surface area (Å²) in [7, 11) is 0. The predicted octanol–water partition coefficient (Wildman–Crippen LogP) is 4.69. The summed E-state index contributed by atoms with van der Waals surface area (Å²) in [4.78, 5) is 16.4. The van der Waals surface area contributed by atoms with Gasteiger partial charge in [0.1, 0.15) is 0 Å². The second-order valence-corrected chi connectivity index (χ2v) is 5.85. The molecule has 0 saturated carbocycles. The maximum Gasteiger partial charge on any atom is 0.416 e. The second-order valence-electron chi connectivity index (χ2n) is 5.85. The van der Waals surface area contributed by atoms with Crippen LogP contribution in [0.25, 0.3) is 0 Å². The van der Waals surface area contributed by atoms with Gasteiger partial charge in [-0.3, -0.25) is 9.78 Å². The van der Waals surface area contributed by atoms with Crippen LogP contribution in [0.3, 0.4) is 0 Å². The quantitative estimate of drug-likeness (QED) is 0.787. The van der Waals surface area contributed by atoms with Crippen LogP contribution in [0, 0.1) is 0 Å². The molecule has 0 fully saturated rings. The van der Waals surface area contributed by atoms with Gasteiger partial charge in [-0.1, -0.05) is 31.5 Å². The first-order valence-corrected chi connectivity index (χ1v) is 8.26. The molecule has 0 radical (unpaired) electrons. The summed E-state index contributed by atoms with van der Waals surface area (Å²) >= 11 is 0. The molecule has 25 heavy (non-hydrogen) atoms. The number of hydrogen-bond acceptors (Lipinski definition) is 2. The van der Waals surface area contributed by atoms with Crippen LogP contribution in [0.15, 0.2) is 48.7 Å². The molecular weight excluding hydrogens is 329 g/mol. The van der Waals surface area contributed by atoms with E-state index in [4.69, 9.17) is 0 Å². The molecule has 0 aliphatic carbocycles. The Balaban J connectivity index is 2.04. The van der Waals surface area contributed by atoms with Crippen molar-refractivity contribution in [1.82, 2.24) is 10.3 Å². The Kier molecular flexibility index (Phi) is 6.56. The van der Waals surface area contributed by atoms with Crippen LogP contribution < -0.4 is 5.32 Å². The number of pyridine rings is 1. The molecule has 2 aromatic rings. The standard InChI is InChI=1S/C19H21F3N2O/c1-2-6-17(14-7-5-8-15(13-14)19(20,21)22)24-18(25)11-10-16-9-3-4-12-23-16/h3-5,7-9,12-13,17H,2,6,10-11H2,1H3,(H,24,25). The van der Waals surface area contributed by atoms with E-state index >= 15 is 0 Å². The molecule has 1 aromatic carbocycles. The van der Waals surface area contributed by atoms with Gasteiger partial charge in [0.2, 0.25) is 5.91 Å². The van der Waals surface area contributed by atoms with Crippen molar-refractivity contribution in [1.29, 1.82) is 0 Å². The van der Waals surface area contributed by atoms with Crippen LogP contribution >= 0.6 is 0 Å². The van der Waals surface area contributed by atoms with Crippen molar-refractivity contribution in [2.45, 2.75) is 44.8 Å². The highest BCUT2D eigenvalue weighted by atomic mass is 19.4. The van der Waals surface area contributed by atoms with Gasteiger partial charge < -0.3 is 5.32 Å². The second kappa shape index (κ2) is 8.65. The molecule has 1 atom stereocenters. The number of benzene rings is 1. The van der Waals surface area contributed by atoms with E-state index in [2.05, 4.69) is 10.3 Å². The summed E-state index contributed by atoms with van der Waals surface area (Å²) < 4.78 is 38.7. The fraction of sp³-hybridized carbons (Fsp3) is 0.368. The molecule has 6 heteroatoms. The van der Waals surface area contributed by atoms with Crippen LogP contribution in [-0.4, -0.2) is 10.9 Å². The van der Waals surface area contributed by atoms with E-state index in [1.807, 2.05) is 19.1 Å². The number of carbonyl (C=O) groups is 1. The Morgan fingerprint density at radius 1 is 1.20 bits per heavy atom. The zero-order valence-corrected chi connectivity index (χ0v) is 14.0. The molecule has 3 nitrogen and oxygen atoms in total. The van der Waals surface area contributed by atoms with Crippen LogP contribution in [-0.2, 0) is 17.4 Å². The lowest BCUT2D eigenvalue weighted by Crippen LogP contribution is -2.29. The van der Waals surface area contributed by atoms with Gasteiger partial charge >= 0.3 is 6.18 Å². The number of nitrogens with one attached hydrogen (secondary N) is 1. The minimum Gasteiger partial charge on any atom is -0.349 e. The summed E-state index contributed by atoms with van der Waals surface area (Å²) in [5.41, 5.74) is 0.584. The number of alkyl halides is 3. The first-order valence-electron chi connectivity index (χ1n) is 8.26. The van der Waals surface area contributed by atoms with Gasteiger partial charge in [-0.15, -0.1) is 0 Å². The Bertz CT molecular complexity index is 687. The van der Waals surface area contributed by atoms with Gasteiger partial charge in [0.05, 0.1) is 11.6 Å². The minimum absolute atomic E-state index is 0.193. The Morgan fingerprint density at radius 2 is 2.00 bits per heavy atom. The summed E-state index contributed by atoms with van der Waals surface area (Å²) in [5.74, 6) is -0.193. The van der Waals surface area contributed by atoms with Crippen molar-refractivity contribution < 1.29 is 18.0 Å². The largest absolute Gasteiger partial charge is 0.416 e. The van der Waals surface area contributed by atoms with Crippen molar-refractivity contribution in [3.8, 4) is 0 Å². The lowest BCUT2D eigenvalue weighted by molar-refractivity contribution is -0.137. The maximum absolute atomic E-state index is 12.9. The Labute approximate surface area is 145 Å². The zero-order chi connectivity index (χ0) is 18.3. The highest BCUT2D eigenvalue weighted by molar-refractivity contribution is 5.76. The number of aromatic nitrogens is 1. The maximum atomic E-state index is 12.9. The summed E-state index contributed by atoms with van der Waals surface area (Å²) in [6.07, 6.45) is -0.659. The number of rotatable bonds is 7. The first-order chi connectivity index (χ1) is 11.9. The average Bonchev–Trinajstić information content (AvgIpc) is 2.60. The molecule has 2 rings (SSSR count). The monoisotopic (exact) mass is 350 g/mol. The average molecular weight is 350 g/mol. The molecule has 1 N–H and O–H groups in total. The predicted molar refractivity (Wildman–Crippen MR) is 89.8 cm³/mol. The normalized spacial score (nSPS) is 12.6. The van der Waals surface area contributed by atoms with Crippen molar-refractivity contribution in [2.24, 2.45) is 0 Å². The number of nitrogens with zero attached hydrogens (tertiary/aromatic N) is 1. The minimum atomic E-state index is -4.39. The fourth-order valence-corrected chi connectivity index (χ4v) is 2.60. The molecule has 0 aliphatic rings. The third-order valence-corrected chi connectivity index (χ3v) is 3.86. The van der Waals surface area contributed by atoms with Crippen LogP contribution in [0.5, 0.6) is 0 Å². The number of carbonyl (C=O) groups excluding carboxylic acids is 1. The molecule has 0 bridgehead atoms. The van der Waals surface area contributed by atoms with Gasteiger partial charge in [0.15, 0.2) is 0 Å². The van der Waals surface area contributed by atoms with E-state index in [1.54, 1.807) is 18.3 Å². The van der Waals surface area contributed by atoms with E-state index in [9.17, 15) is 18.0 Å². The van der Waals surface area contributed by atoms with Crippen LogP contribution in [0.1, 0.15) is 49.0 Å². The van der Waals surface area contributed by atoms with E-state index in [1.165, 1.54) is 6.07 Å². The molecule has 0 spiro atoms. The smallest absolute Gasteiger partial charge is 0.349 e. The molecular formula is C19H21F3N2O. The van der Waals surface area contributed by atoms with Crippen molar-refractivity contribution >= 4 is 5.91 Å². The summed E-state index contributed by atoms with van der Waals surface area (Å²) in [6, 6.07) is 10.2. The lowest BCUT2D eigenvalue weighted by Gasteiger charge is -2.20. The van der Waals surface area contributed by atoms with Gasteiger partial charge in [-0.05, 0) is 42.7 Å². The number of halogens is 3. The van der Waals surface area contributed by atoms with Crippen LogP contribution in [0.4, 0.5) is 13.2 Å². The molecule has 0 aliphatic heterocycles. The van der Waals surface area contributed by atoms with Crippen molar-refractivity contribution in [2.75, 3.05) is 0 Å². The molecule has 1 heterocycles. The van der Waals surface area contributed by atoms with E-state index < -0.39 is 17.8 Å². The number of aryl methyl sites for hydroxylation is 1. The first kappa shape index (κ1) is 19.0. The van der Waals surface area contributed by atoms with Crippen molar-refractivity contribution in [3.63, 3.8) is 0 Å². The van der Waals surface area contributed by atoms with Gasteiger partial charge in [0.25, 0.3) is 0 Å².